The molecule has 0 saturated heterocycles. The van der Waals surface area contributed by atoms with Crippen molar-refractivity contribution < 1.29 is 14.3 Å². The van der Waals surface area contributed by atoms with Crippen LogP contribution < -0.4 is 0 Å². The fourth-order valence-corrected chi connectivity index (χ4v) is 1.10. The summed E-state index contributed by atoms with van der Waals surface area (Å²) in [4.78, 5) is 23.4. The molecule has 0 N–H and O–H groups in total. The maximum absolute atomic E-state index is 11.2. The lowest BCUT2D eigenvalue weighted by atomic mass is 10.3. The molecule has 5 heteroatoms. The summed E-state index contributed by atoms with van der Waals surface area (Å²) in [6.07, 6.45) is 0.707. The molecular weight excluding hydrogens is 238 g/mol. The number of methoxy groups -OCH3 is 1. The molecule has 0 heterocycles. The molecular formula is C8H14BrNO3. The predicted molar refractivity (Wildman–Crippen MR) is 52.7 cm³/mol. The molecule has 0 aliphatic carbocycles. The molecule has 0 aromatic heterocycles. The number of halogens is 1. The maximum Gasteiger partial charge on any atom is 0.307 e. The van der Waals surface area contributed by atoms with Crippen molar-refractivity contribution in [2.45, 2.75) is 12.8 Å². The van der Waals surface area contributed by atoms with E-state index in [0.717, 1.165) is 0 Å². The van der Waals surface area contributed by atoms with Crippen molar-refractivity contribution >= 4 is 27.8 Å². The number of alkyl halides is 1. The highest BCUT2D eigenvalue weighted by Crippen LogP contribution is 1.96. The van der Waals surface area contributed by atoms with Crippen LogP contribution in [0.2, 0.25) is 0 Å². The molecule has 0 saturated carbocycles. The minimum Gasteiger partial charge on any atom is -0.469 e. The fraction of sp³-hybridized carbons (Fsp3) is 0.750. The number of ether oxygens (including phenoxy) is 1. The second-order valence-electron chi connectivity index (χ2n) is 2.58. The number of esters is 1. The molecule has 1 amide bonds. The van der Waals surface area contributed by atoms with Crippen LogP contribution in [0.1, 0.15) is 12.8 Å². The molecule has 0 unspecified atom stereocenters. The summed E-state index contributed by atoms with van der Waals surface area (Å²) in [6.45, 7) is 0.415. The zero-order valence-electron chi connectivity index (χ0n) is 7.88. The molecule has 0 aromatic carbocycles. The van der Waals surface area contributed by atoms with E-state index in [4.69, 9.17) is 0 Å². The van der Waals surface area contributed by atoms with Gasteiger partial charge >= 0.3 is 5.97 Å². The van der Waals surface area contributed by atoms with Gasteiger partial charge in [0.1, 0.15) is 0 Å². The Morgan fingerprint density at radius 3 is 2.46 bits per heavy atom. The highest BCUT2D eigenvalue weighted by Gasteiger charge is 2.09. The topological polar surface area (TPSA) is 46.6 Å². The van der Waals surface area contributed by atoms with Crippen molar-refractivity contribution in [3.63, 3.8) is 0 Å². The van der Waals surface area contributed by atoms with Gasteiger partial charge in [-0.1, -0.05) is 15.9 Å². The van der Waals surface area contributed by atoms with E-state index in [9.17, 15) is 9.59 Å². The number of amides is 1. The zero-order valence-corrected chi connectivity index (χ0v) is 9.46. The van der Waals surface area contributed by atoms with E-state index in [1.54, 1.807) is 7.05 Å². The Morgan fingerprint density at radius 2 is 2.00 bits per heavy atom. The Bertz CT molecular complexity index is 184. The van der Waals surface area contributed by atoms with Gasteiger partial charge in [0.25, 0.3) is 0 Å². The first-order valence-corrected chi connectivity index (χ1v) is 5.10. The van der Waals surface area contributed by atoms with E-state index in [2.05, 4.69) is 20.7 Å². The van der Waals surface area contributed by atoms with Crippen molar-refractivity contribution in [3.8, 4) is 0 Å². The molecule has 0 bridgehead atoms. The third-order valence-electron chi connectivity index (χ3n) is 1.61. The third kappa shape index (κ3) is 5.63. The van der Waals surface area contributed by atoms with E-state index >= 15 is 0 Å². The normalized spacial score (nSPS) is 9.46. The van der Waals surface area contributed by atoms with Crippen LogP contribution in [0.5, 0.6) is 0 Å². The second kappa shape index (κ2) is 6.88. The number of rotatable bonds is 5. The van der Waals surface area contributed by atoms with Gasteiger partial charge in [-0.05, 0) is 0 Å². The molecule has 0 spiro atoms. The fourth-order valence-electron chi connectivity index (χ4n) is 0.757. The first-order chi connectivity index (χ1) is 6.11. The van der Waals surface area contributed by atoms with Crippen LogP contribution in [0.3, 0.4) is 0 Å². The second-order valence-corrected chi connectivity index (χ2v) is 3.37. The van der Waals surface area contributed by atoms with Crippen LogP contribution in [0, 0.1) is 0 Å². The number of carbonyl (C=O) groups is 2. The smallest absolute Gasteiger partial charge is 0.307 e. The molecule has 13 heavy (non-hydrogen) atoms. The molecule has 0 radical (unpaired) electrons. The predicted octanol–water partition coefficient (Wildman–Crippen LogP) is 0.793. The summed E-state index contributed by atoms with van der Waals surface area (Å²) in [5.41, 5.74) is 0. The molecule has 4 nitrogen and oxygen atoms in total. The molecule has 0 aromatic rings. The van der Waals surface area contributed by atoms with E-state index < -0.39 is 0 Å². The van der Waals surface area contributed by atoms with Crippen LogP contribution >= 0.6 is 15.9 Å². The lowest BCUT2D eigenvalue weighted by molar-refractivity contribution is -0.141. The van der Waals surface area contributed by atoms with E-state index in [0.29, 0.717) is 18.3 Å². The summed E-state index contributed by atoms with van der Waals surface area (Å²) in [5, 5.41) is 0.647. The Morgan fingerprint density at radius 1 is 1.38 bits per heavy atom. The zero-order chi connectivity index (χ0) is 10.3. The van der Waals surface area contributed by atoms with Crippen LogP contribution in [-0.2, 0) is 14.3 Å². The van der Waals surface area contributed by atoms with Crippen molar-refractivity contribution in [2.24, 2.45) is 0 Å². The average molecular weight is 252 g/mol. The van der Waals surface area contributed by atoms with Gasteiger partial charge in [0, 0.05) is 25.3 Å². The summed E-state index contributed by atoms with van der Waals surface area (Å²) >= 11 is 3.17. The van der Waals surface area contributed by atoms with Gasteiger partial charge in [-0.2, -0.15) is 0 Å². The van der Waals surface area contributed by atoms with Gasteiger partial charge < -0.3 is 9.64 Å². The van der Waals surface area contributed by atoms with Crippen LogP contribution in [0.4, 0.5) is 0 Å². The van der Waals surface area contributed by atoms with E-state index in [-0.39, 0.29) is 18.3 Å². The van der Waals surface area contributed by atoms with Crippen molar-refractivity contribution in [3.05, 3.63) is 0 Å². The quantitative estimate of drug-likeness (QED) is 0.537. The molecule has 76 valence electrons. The molecule has 0 aliphatic heterocycles. The Balaban J connectivity index is 3.67. The Labute approximate surface area is 86.4 Å². The van der Waals surface area contributed by atoms with Crippen LogP contribution in [-0.4, -0.2) is 42.8 Å². The first kappa shape index (κ1) is 12.4. The summed E-state index contributed by atoms with van der Waals surface area (Å²) < 4.78 is 4.45. The molecule has 0 aliphatic rings. The van der Waals surface area contributed by atoms with Gasteiger partial charge in [0.15, 0.2) is 0 Å². The standard InChI is InChI=1S/C8H14BrNO3/c1-10(7(11)3-5-9)6-4-8(12)13-2/h3-6H2,1-2H3. The average Bonchev–Trinajstić information content (AvgIpc) is 2.13. The minimum absolute atomic E-state index is 0.0285. The van der Waals surface area contributed by atoms with E-state index in [1.165, 1.54) is 12.0 Å². The van der Waals surface area contributed by atoms with Gasteiger partial charge in [-0.25, -0.2) is 0 Å². The Kier molecular flexibility index (Phi) is 6.58. The maximum atomic E-state index is 11.2. The van der Waals surface area contributed by atoms with Crippen LogP contribution in [0.25, 0.3) is 0 Å². The largest absolute Gasteiger partial charge is 0.469 e. The number of hydrogen-bond donors (Lipinski definition) is 0. The molecule has 0 fully saturated rings. The third-order valence-corrected chi connectivity index (χ3v) is 2.01. The minimum atomic E-state index is -0.293. The lowest BCUT2D eigenvalue weighted by Crippen LogP contribution is -2.29. The summed E-state index contributed by atoms with van der Waals surface area (Å²) in [6, 6.07) is 0. The van der Waals surface area contributed by atoms with Crippen molar-refractivity contribution in [1.29, 1.82) is 0 Å². The summed E-state index contributed by atoms with van der Waals surface area (Å²) in [5.74, 6) is -0.265. The van der Waals surface area contributed by atoms with E-state index in [1.807, 2.05) is 0 Å². The molecule has 0 atom stereocenters. The first-order valence-electron chi connectivity index (χ1n) is 3.98. The van der Waals surface area contributed by atoms with Crippen LogP contribution in [0.15, 0.2) is 0 Å². The van der Waals surface area contributed by atoms with Crippen molar-refractivity contribution in [1.82, 2.24) is 4.90 Å². The van der Waals surface area contributed by atoms with Gasteiger partial charge in [0.2, 0.25) is 5.91 Å². The van der Waals surface area contributed by atoms with Gasteiger partial charge in [0.05, 0.1) is 13.5 Å². The number of nitrogens with zero attached hydrogens (tertiary/aromatic N) is 1. The highest BCUT2D eigenvalue weighted by molar-refractivity contribution is 9.09. The number of hydrogen-bond acceptors (Lipinski definition) is 3. The van der Waals surface area contributed by atoms with Gasteiger partial charge in [-0.3, -0.25) is 9.59 Å². The monoisotopic (exact) mass is 251 g/mol. The Hall–Kier alpha value is -0.580. The van der Waals surface area contributed by atoms with Gasteiger partial charge in [-0.15, -0.1) is 0 Å². The number of carbonyl (C=O) groups excluding carboxylic acids is 2. The summed E-state index contributed by atoms with van der Waals surface area (Å²) in [7, 11) is 3.01. The lowest BCUT2D eigenvalue weighted by Gasteiger charge is -2.15. The van der Waals surface area contributed by atoms with Crippen molar-refractivity contribution in [2.75, 3.05) is 26.0 Å². The molecule has 0 rings (SSSR count). The highest BCUT2D eigenvalue weighted by atomic mass is 79.9. The SMILES string of the molecule is COC(=O)CCN(C)C(=O)CCBr.